The van der Waals surface area contributed by atoms with E-state index in [0.29, 0.717) is 30.7 Å². The zero-order valence-electron chi connectivity index (χ0n) is 19.1. The number of hydrogen-bond donors (Lipinski definition) is 2. The van der Waals surface area contributed by atoms with Crippen molar-refractivity contribution in [2.75, 3.05) is 23.7 Å². The molecule has 176 valence electrons. The molecule has 8 nitrogen and oxygen atoms in total. The van der Waals surface area contributed by atoms with Gasteiger partial charge in [-0.2, -0.15) is 4.31 Å². The molecule has 1 saturated heterocycles. The number of rotatable bonds is 5. The summed E-state index contributed by atoms with van der Waals surface area (Å²) in [5.74, 6) is -0.157. The van der Waals surface area contributed by atoms with E-state index in [-0.39, 0.29) is 35.7 Å². The van der Waals surface area contributed by atoms with Gasteiger partial charge >= 0.3 is 0 Å². The monoisotopic (exact) mass is 471 g/mol. The fraction of sp³-hybridized carbons (Fsp3) is 0.417. The van der Waals surface area contributed by atoms with Crippen molar-refractivity contribution in [1.82, 2.24) is 4.31 Å². The third-order valence-electron chi connectivity index (χ3n) is 6.25. The van der Waals surface area contributed by atoms with Crippen LogP contribution in [-0.4, -0.2) is 43.7 Å². The number of carbonyl (C=O) groups excluding carboxylic acids is 2. The van der Waals surface area contributed by atoms with Gasteiger partial charge in [-0.25, -0.2) is 8.42 Å². The van der Waals surface area contributed by atoms with Crippen LogP contribution in [-0.2, 0) is 19.6 Å². The molecule has 2 aromatic rings. The third-order valence-corrected chi connectivity index (χ3v) is 8.15. The first-order valence-corrected chi connectivity index (χ1v) is 12.6. The molecular formula is C24H29N3O5S. The first-order chi connectivity index (χ1) is 15.7. The van der Waals surface area contributed by atoms with Crippen LogP contribution in [0.2, 0.25) is 0 Å². The van der Waals surface area contributed by atoms with E-state index >= 15 is 0 Å². The van der Waals surface area contributed by atoms with Crippen molar-refractivity contribution in [1.29, 1.82) is 0 Å². The molecule has 2 aliphatic heterocycles. The number of carbonyl (C=O) groups is 2. The van der Waals surface area contributed by atoms with E-state index in [1.807, 2.05) is 39.0 Å². The molecule has 2 aromatic carbocycles. The van der Waals surface area contributed by atoms with Gasteiger partial charge in [0.05, 0.1) is 10.6 Å². The second-order valence-electron chi connectivity index (χ2n) is 8.65. The molecule has 1 atom stereocenters. The van der Waals surface area contributed by atoms with Crippen LogP contribution in [0, 0.1) is 19.8 Å². The molecule has 2 heterocycles. The van der Waals surface area contributed by atoms with Crippen molar-refractivity contribution in [2.45, 2.75) is 51.0 Å². The number of anilines is 2. The lowest BCUT2D eigenvalue weighted by molar-refractivity contribution is -0.123. The number of ether oxygens (including phenoxy) is 1. The van der Waals surface area contributed by atoms with Crippen LogP contribution < -0.4 is 15.4 Å². The summed E-state index contributed by atoms with van der Waals surface area (Å²) in [6, 6.07) is 10.4. The van der Waals surface area contributed by atoms with Crippen LogP contribution in [0.4, 0.5) is 11.4 Å². The van der Waals surface area contributed by atoms with Crippen LogP contribution in [0.5, 0.6) is 5.75 Å². The molecule has 2 aliphatic rings. The number of amides is 2. The summed E-state index contributed by atoms with van der Waals surface area (Å²) in [6.07, 6.45) is 0.837. The van der Waals surface area contributed by atoms with Crippen molar-refractivity contribution in [3.05, 3.63) is 47.5 Å². The van der Waals surface area contributed by atoms with Crippen molar-refractivity contribution in [3.63, 3.8) is 0 Å². The maximum atomic E-state index is 13.2. The van der Waals surface area contributed by atoms with E-state index in [9.17, 15) is 18.0 Å². The van der Waals surface area contributed by atoms with Gasteiger partial charge in [0.1, 0.15) is 5.75 Å². The van der Waals surface area contributed by atoms with E-state index in [1.165, 1.54) is 16.4 Å². The highest BCUT2D eigenvalue weighted by Crippen LogP contribution is 2.34. The van der Waals surface area contributed by atoms with Crippen LogP contribution in [0.15, 0.2) is 41.3 Å². The largest absolute Gasteiger partial charge is 0.478 e. The van der Waals surface area contributed by atoms with Gasteiger partial charge in [-0.3, -0.25) is 9.59 Å². The van der Waals surface area contributed by atoms with Crippen LogP contribution in [0.25, 0.3) is 0 Å². The number of hydrogen-bond acceptors (Lipinski definition) is 5. The van der Waals surface area contributed by atoms with E-state index in [1.54, 1.807) is 6.07 Å². The number of benzene rings is 2. The fourth-order valence-corrected chi connectivity index (χ4v) is 5.67. The number of nitrogens with one attached hydrogen (secondary N) is 2. The second kappa shape index (κ2) is 9.15. The molecule has 4 rings (SSSR count). The Bertz CT molecular complexity index is 1190. The second-order valence-corrected chi connectivity index (χ2v) is 10.6. The third kappa shape index (κ3) is 4.74. The number of sulfonamides is 1. The molecule has 1 fully saturated rings. The molecule has 0 spiro atoms. The molecule has 0 aromatic heterocycles. The van der Waals surface area contributed by atoms with Crippen LogP contribution in [0.1, 0.15) is 37.3 Å². The van der Waals surface area contributed by atoms with Gasteiger partial charge in [-0.05, 0) is 68.5 Å². The van der Waals surface area contributed by atoms with Gasteiger partial charge in [-0.15, -0.1) is 0 Å². The lowest BCUT2D eigenvalue weighted by Crippen LogP contribution is -2.41. The quantitative estimate of drug-likeness (QED) is 0.695. The Labute approximate surface area is 194 Å². The number of fused-ring (bicyclic) bond motifs is 1. The summed E-state index contributed by atoms with van der Waals surface area (Å²) in [7, 11) is -3.76. The lowest BCUT2D eigenvalue weighted by Gasteiger charge is -2.31. The normalized spacial score (nSPS) is 19.4. The Kier molecular flexibility index (Phi) is 6.45. The Morgan fingerprint density at radius 1 is 1.15 bits per heavy atom. The molecule has 0 aliphatic carbocycles. The summed E-state index contributed by atoms with van der Waals surface area (Å²) in [5, 5.41) is 5.72. The summed E-state index contributed by atoms with van der Waals surface area (Å²) < 4.78 is 33.4. The minimum absolute atomic E-state index is 0.0835. The Balaban J connectivity index is 1.42. The highest BCUT2D eigenvalue weighted by atomic mass is 32.2. The van der Waals surface area contributed by atoms with Gasteiger partial charge in [0.2, 0.25) is 15.9 Å². The topological polar surface area (TPSA) is 105 Å². The molecular weight excluding hydrogens is 442 g/mol. The highest BCUT2D eigenvalue weighted by molar-refractivity contribution is 7.89. The van der Waals surface area contributed by atoms with Crippen LogP contribution >= 0.6 is 0 Å². The number of nitrogens with zero attached hydrogens (tertiary/aromatic N) is 1. The minimum atomic E-state index is -3.76. The summed E-state index contributed by atoms with van der Waals surface area (Å²) >= 11 is 0. The summed E-state index contributed by atoms with van der Waals surface area (Å²) in [6.45, 7) is 6.27. The Morgan fingerprint density at radius 2 is 1.88 bits per heavy atom. The molecule has 0 saturated carbocycles. The van der Waals surface area contributed by atoms with Gasteiger partial charge in [0.25, 0.3) is 5.91 Å². The highest BCUT2D eigenvalue weighted by Gasteiger charge is 2.34. The standard InChI is InChI=1S/C24H29N3O5S/c1-4-21-24(29)26-20-14-18(7-8-22(20)32-21)33(30,31)27-11-9-17(10-12-27)23(28)25-19-13-15(2)5-6-16(19)3/h5-8,13-14,17,21H,4,9-12H2,1-3H3,(H,25,28)(H,26,29). The SMILES string of the molecule is CCC1Oc2ccc(S(=O)(=O)N3CCC(C(=O)Nc4cc(C)ccc4C)CC3)cc2NC1=O. The van der Waals surface area contributed by atoms with Gasteiger partial charge < -0.3 is 15.4 Å². The van der Waals surface area contributed by atoms with Crippen molar-refractivity contribution in [2.24, 2.45) is 5.92 Å². The maximum Gasteiger partial charge on any atom is 0.265 e. The molecule has 2 N–H and O–H groups in total. The van der Waals surface area contributed by atoms with E-state index in [0.717, 1.165) is 16.8 Å². The number of aryl methyl sites for hydroxylation is 2. The molecule has 0 bridgehead atoms. The maximum absolute atomic E-state index is 13.2. The van der Waals surface area contributed by atoms with Gasteiger partial charge in [0.15, 0.2) is 6.10 Å². The molecule has 1 unspecified atom stereocenters. The van der Waals surface area contributed by atoms with E-state index in [2.05, 4.69) is 10.6 Å². The van der Waals surface area contributed by atoms with E-state index < -0.39 is 16.1 Å². The molecule has 0 radical (unpaired) electrons. The van der Waals surface area contributed by atoms with Gasteiger partial charge in [-0.1, -0.05) is 19.1 Å². The zero-order valence-corrected chi connectivity index (χ0v) is 19.9. The predicted molar refractivity (Wildman–Crippen MR) is 126 cm³/mol. The summed E-state index contributed by atoms with van der Waals surface area (Å²) in [5.41, 5.74) is 3.20. The molecule has 33 heavy (non-hydrogen) atoms. The first kappa shape index (κ1) is 23.3. The summed E-state index contributed by atoms with van der Waals surface area (Å²) in [4.78, 5) is 24.9. The predicted octanol–water partition coefficient (Wildman–Crippen LogP) is 3.45. The van der Waals surface area contributed by atoms with Crippen molar-refractivity contribution in [3.8, 4) is 5.75 Å². The first-order valence-electron chi connectivity index (χ1n) is 11.2. The smallest absolute Gasteiger partial charge is 0.265 e. The van der Waals surface area contributed by atoms with Gasteiger partial charge in [0, 0.05) is 24.7 Å². The molecule has 2 amide bonds. The van der Waals surface area contributed by atoms with Crippen LogP contribution in [0.3, 0.4) is 0 Å². The fourth-order valence-electron chi connectivity index (χ4n) is 4.17. The Morgan fingerprint density at radius 3 is 2.58 bits per heavy atom. The van der Waals surface area contributed by atoms with Crippen molar-refractivity contribution < 1.29 is 22.7 Å². The van der Waals surface area contributed by atoms with Crippen molar-refractivity contribution >= 4 is 33.2 Å². The number of piperidine rings is 1. The average molecular weight is 472 g/mol. The van der Waals surface area contributed by atoms with E-state index in [4.69, 9.17) is 4.74 Å². The average Bonchev–Trinajstić information content (AvgIpc) is 2.80. The zero-order chi connectivity index (χ0) is 23.8. The lowest BCUT2D eigenvalue weighted by atomic mass is 9.97. The minimum Gasteiger partial charge on any atom is -0.478 e. The molecule has 9 heteroatoms. The Hall–Kier alpha value is -2.91.